The summed E-state index contributed by atoms with van der Waals surface area (Å²) in [4.78, 5) is 41.1. The average Bonchev–Trinajstić information content (AvgIpc) is 2.77. The summed E-state index contributed by atoms with van der Waals surface area (Å²) in [6, 6.07) is 2.64. The van der Waals surface area contributed by atoms with Crippen LogP contribution in [0.4, 0.5) is 4.79 Å². The number of benzene rings is 1. The molecule has 0 radical (unpaired) electrons. The average molecular weight is 526 g/mol. The van der Waals surface area contributed by atoms with Crippen molar-refractivity contribution in [1.82, 2.24) is 15.5 Å². The van der Waals surface area contributed by atoms with Gasteiger partial charge in [0.15, 0.2) is 0 Å². The Kier molecular flexibility index (Phi) is 13.1. The summed E-state index contributed by atoms with van der Waals surface area (Å²) in [5.74, 6) is -0.552. The summed E-state index contributed by atoms with van der Waals surface area (Å²) < 4.78 is 5.35. The Bertz CT molecular complexity index is 874. The van der Waals surface area contributed by atoms with Crippen molar-refractivity contribution in [2.24, 2.45) is 0 Å². The van der Waals surface area contributed by atoms with Gasteiger partial charge < -0.3 is 30.5 Å². The molecule has 0 aliphatic carbocycles. The lowest BCUT2D eigenvalue weighted by atomic mass is 9.98. The number of aliphatic hydroxyl groups excluding tert-OH is 1. The minimum atomic E-state index is -1.21. The number of hydrogen-bond acceptors (Lipinski definition) is 7. The standard InChI is InChI=1S/C26H43N3O6S/c1-8-10-18(3)27-23(32)21(19-12-9-11-17(2)22(19)31)29(14-15-30)24(33)20(13-16-36-7)28-25(34)35-26(4,5)6/h9,11-12,18,20-21,30-31H,8,10,13-16H2,1-7H3,(H,27,32)(H,28,34). The van der Waals surface area contributed by atoms with E-state index in [1.807, 2.05) is 20.1 Å². The first-order valence-electron chi connectivity index (χ1n) is 12.3. The van der Waals surface area contributed by atoms with E-state index in [-0.39, 0.29) is 23.9 Å². The molecule has 0 spiro atoms. The van der Waals surface area contributed by atoms with Gasteiger partial charge in [-0.05, 0) is 65.0 Å². The molecule has 1 aromatic rings. The molecule has 0 saturated carbocycles. The van der Waals surface area contributed by atoms with Crippen LogP contribution in [0, 0.1) is 6.92 Å². The zero-order chi connectivity index (χ0) is 27.5. The van der Waals surface area contributed by atoms with Crippen molar-refractivity contribution < 1.29 is 29.3 Å². The number of carbonyl (C=O) groups excluding carboxylic acids is 3. The van der Waals surface area contributed by atoms with Crippen LogP contribution in [-0.4, -0.2) is 75.9 Å². The fourth-order valence-electron chi connectivity index (χ4n) is 3.80. The molecule has 0 bridgehead atoms. The Hall–Kier alpha value is -2.46. The summed E-state index contributed by atoms with van der Waals surface area (Å²) in [5, 5.41) is 26.2. The van der Waals surface area contributed by atoms with Gasteiger partial charge in [-0.25, -0.2) is 4.79 Å². The van der Waals surface area contributed by atoms with E-state index in [0.29, 0.717) is 17.7 Å². The normalized spacial score (nSPS) is 13.9. The van der Waals surface area contributed by atoms with Crippen molar-refractivity contribution in [2.75, 3.05) is 25.2 Å². The quantitative estimate of drug-likeness (QED) is 0.310. The third kappa shape index (κ3) is 9.89. The van der Waals surface area contributed by atoms with E-state index in [1.54, 1.807) is 45.9 Å². The number of aryl methyl sites for hydroxylation is 1. The van der Waals surface area contributed by atoms with Crippen molar-refractivity contribution in [3.63, 3.8) is 0 Å². The predicted octanol–water partition coefficient (Wildman–Crippen LogP) is 3.51. The molecule has 3 amide bonds. The number of aromatic hydroxyl groups is 1. The number of rotatable bonds is 13. The minimum absolute atomic E-state index is 0.0997. The summed E-state index contributed by atoms with van der Waals surface area (Å²) >= 11 is 1.51. The molecule has 1 rings (SSSR count). The minimum Gasteiger partial charge on any atom is -0.507 e. The zero-order valence-electron chi connectivity index (χ0n) is 22.6. The highest BCUT2D eigenvalue weighted by Crippen LogP contribution is 2.32. The number of aliphatic hydroxyl groups is 1. The summed E-state index contributed by atoms with van der Waals surface area (Å²) in [6.45, 7) is 10.2. The number of phenolic OH excluding ortho intramolecular Hbond substituents is 1. The second-order valence-corrected chi connectivity index (χ2v) is 10.8. The van der Waals surface area contributed by atoms with Crippen LogP contribution in [0.5, 0.6) is 5.75 Å². The summed E-state index contributed by atoms with van der Waals surface area (Å²) in [7, 11) is 0. The molecule has 3 atom stereocenters. The maximum atomic E-state index is 13.8. The lowest BCUT2D eigenvalue weighted by molar-refractivity contribution is -0.143. The van der Waals surface area contributed by atoms with Gasteiger partial charge in [-0.15, -0.1) is 0 Å². The third-order valence-electron chi connectivity index (χ3n) is 5.46. The molecular formula is C26H43N3O6S. The van der Waals surface area contributed by atoms with Gasteiger partial charge in [0, 0.05) is 18.2 Å². The molecule has 0 aromatic heterocycles. The SMILES string of the molecule is CCCC(C)NC(=O)C(c1cccc(C)c1O)N(CCO)C(=O)C(CCSC)NC(=O)OC(C)(C)C. The van der Waals surface area contributed by atoms with Gasteiger partial charge in [0.2, 0.25) is 11.8 Å². The first kappa shape index (κ1) is 31.6. The van der Waals surface area contributed by atoms with E-state index < -0.39 is 42.2 Å². The third-order valence-corrected chi connectivity index (χ3v) is 6.10. The highest BCUT2D eigenvalue weighted by molar-refractivity contribution is 7.98. The number of nitrogens with one attached hydrogen (secondary N) is 2. The van der Waals surface area contributed by atoms with E-state index >= 15 is 0 Å². The van der Waals surface area contributed by atoms with Crippen LogP contribution >= 0.6 is 11.8 Å². The van der Waals surface area contributed by atoms with E-state index in [0.717, 1.165) is 12.8 Å². The fraction of sp³-hybridized carbons (Fsp3) is 0.654. The largest absolute Gasteiger partial charge is 0.507 e. The molecule has 10 heteroatoms. The van der Waals surface area contributed by atoms with E-state index in [4.69, 9.17) is 4.74 Å². The van der Waals surface area contributed by atoms with Gasteiger partial charge in [0.25, 0.3) is 0 Å². The number of para-hydroxylation sites is 1. The van der Waals surface area contributed by atoms with Gasteiger partial charge in [0.1, 0.15) is 23.4 Å². The maximum absolute atomic E-state index is 13.8. The molecule has 9 nitrogen and oxygen atoms in total. The molecule has 3 unspecified atom stereocenters. The van der Waals surface area contributed by atoms with Gasteiger partial charge in [-0.2, -0.15) is 11.8 Å². The van der Waals surface area contributed by atoms with Gasteiger partial charge in [-0.3, -0.25) is 9.59 Å². The van der Waals surface area contributed by atoms with Crippen LogP contribution in [-0.2, 0) is 14.3 Å². The van der Waals surface area contributed by atoms with Gasteiger partial charge in [0.05, 0.1) is 6.61 Å². The number of nitrogens with zero attached hydrogens (tertiary/aromatic N) is 1. The van der Waals surface area contributed by atoms with Crippen molar-refractivity contribution >= 4 is 29.7 Å². The highest BCUT2D eigenvalue weighted by Gasteiger charge is 2.37. The Morgan fingerprint density at radius 2 is 1.83 bits per heavy atom. The molecule has 4 N–H and O–H groups in total. The zero-order valence-corrected chi connectivity index (χ0v) is 23.4. The molecule has 0 saturated heterocycles. The number of amides is 3. The van der Waals surface area contributed by atoms with Gasteiger partial charge >= 0.3 is 6.09 Å². The van der Waals surface area contributed by atoms with Crippen molar-refractivity contribution in [3.8, 4) is 5.75 Å². The molecular weight excluding hydrogens is 482 g/mol. The lowest BCUT2D eigenvalue weighted by Gasteiger charge is -2.35. The Labute approximate surface area is 219 Å². The van der Waals surface area contributed by atoms with Crippen LogP contribution in [0.15, 0.2) is 18.2 Å². The van der Waals surface area contributed by atoms with E-state index in [2.05, 4.69) is 10.6 Å². The smallest absolute Gasteiger partial charge is 0.408 e. The monoisotopic (exact) mass is 525 g/mol. The highest BCUT2D eigenvalue weighted by atomic mass is 32.2. The molecule has 1 aromatic carbocycles. The first-order valence-corrected chi connectivity index (χ1v) is 13.7. The van der Waals surface area contributed by atoms with Crippen LogP contribution < -0.4 is 10.6 Å². The number of hydrogen-bond donors (Lipinski definition) is 4. The molecule has 0 aliphatic heterocycles. The molecule has 36 heavy (non-hydrogen) atoms. The Morgan fingerprint density at radius 1 is 1.17 bits per heavy atom. The van der Waals surface area contributed by atoms with Gasteiger partial charge in [-0.1, -0.05) is 31.5 Å². The number of thioether (sulfide) groups is 1. The van der Waals surface area contributed by atoms with Crippen molar-refractivity contribution in [2.45, 2.75) is 84.5 Å². The number of alkyl carbamates (subject to hydrolysis) is 1. The Morgan fingerprint density at radius 3 is 2.39 bits per heavy atom. The maximum Gasteiger partial charge on any atom is 0.408 e. The van der Waals surface area contributed by atoms with Crippen molar-refractivity contribution in [1.29, 1.82) is 0 Å². The van der Waals surface area contributed by atoms with Crippen LogP contribution in [0.2, 0.25) is 0 Å². The molecule has 0 fully saturated rings. The predicted molar refractivity (Wildman–Crippen MR) is 143 cm³/mol. The fourth-order valence-corrected chi connectivity index (χ4v) is 4.27. The van der Waals surface area contributed by atoms with Crippen LogP contribution in [0.25, 0.3) is 0 Å². The molecule has 204 valence electrons. The second kappa shape index (κ2) is 14.9. The van der Waals surface area contributed by atoms with Crippen molar-refractivity contribution in [3.05, 3.63) is 29.3 Å². The Balaban J connectivity index is 3.48. The van der Waals surface area contributed by atoms with E-state index in [1.165, 1.54) is 16.7 Å². The van der Waals surface area contributed by atoms with E-state index in [9.17, 15) is 24.6 Å². The number of carbonyl (C=O) groups is 3. The second-order valence-electron chi connectivity index (χ2n) is 9.85. The van der Waals surface area contributed by atoms with Crippen LogP contribution in [0.3, 0.4) is 0 Å². The first-order chi connectivity index (χ1) is 16.9. The number of ether oxygens (including phenoxy) is 1. The molecule has 0 aliphatic rings. The lowest BCUT2D eigenvalue weighted by Crippen LogP contribution is -2.54. The molecule has 0 heterocycles. The summed E-state index contributed by atoms with van der Waals surface area (Å²) in [6.07, 6.45) is 3.03. The summed E-state index contributed by atoms with van der Waals surface area (Å²) in [5.41, 5.74) is 0.0423. The topological polar surface area (TPSA) is 128 Å². The van der Waals surface area contributed by atoms with Crippen LogP contribution in [0.1, 0.15) is 71.0 Å². The number of phenols is 1.